The van der Waals surface area contributed by atoms with Crippen molar-refractivity contribution in [3.63, 3.8) is 0 Å². The number of benzene rings is 2. The number of hydrogen-bond acceptors (Lipinski definition) is 4. The van der Waals surface area contributed by atoms with E-state index in [4.69, 9.17) is 10.7 Å². The topological polar surface area (TPSA) is 71.9 Å². The van der Waals surface area contributed by atoms with Crippen molar-refractivity contribution in [1.29, 1.82) is 10.7 Å². The third kappa shape index (κ3) is 4.53. The Morgan fingerprint density at radius 2 is 2.06 bits per heavy atom. The molecule has 1 unspecified atom stereocenters. The molecule has 0 amide bonds. The molecular weight excluding hydrogens is 415 g/mol. The Balaban J connectivity index is 1.79. The molecule has 3 aromatic rings. The number of nitriles is 1. The molecule has 7 heteroatoms. The molecule has 0 saturated carbocycles. The standard InChI is InChI=1S/C26H29FN6/c1-17(12-19-6-5-11-31(3)16-19)33(26(29)20-7-8-21(15-28)24(27)13-20)22-9-10-25-23(14-22)18(2)32(4)30-25/h7-10,12-14,19,29H,5-6,11,16H2,1-4H3/b17-12+,29-26?. The molecule has 0 spiro atoms. The van der Waals surface area contributed by atoms with E-state index >= 15 is 0 Å². The lowest BCUT2D eigenvalue weighted by atomic mass is 9.97. The Bertz CT molecular complexity index is 1280. The second-order valence-electron chi connectivity index (χ2n) is 8.87. The van der Waals surface area contributed by atoms with Crippen LogP contribution in [0.15, 0.2) is 48.2 Å². The van der Waals surface area contributed by atoms with E-state index in [1.54, 1.807) is 6.07 Å². The minimum Gasteiger partial charge on any atom is -0.306 e. The summed E-state index contributed by atoms with van der Waals surface area (Å²) in [5.74, 6) is -0.0633. The number of piperidine rings is 1. The molecular formula is C26H29FN6. The Labute approximate surface area is 194 Å². The van der Waals surface area contributed by atoms with Gasteiger partial charge in [0.05, 0.1) is 11.1 Å². The van der Waals surface area contributed by atoms with E-state index in [0.717, 1.165) is 53.9 Å². The van der Waals surface area contributed by atoms with Gasteiger partial charge >= 0.3 is 0 Å². The quantitative estimate of drug-likeness (QED) is 0.456. The van der Waals surface area contributed by atoms with Crippen molar-refractivity contribution in [3.05, 3.63) is 70.8 Å². The minimum atomic E-state index is -0.617. The van der Waals surface area contributed by atoms with Crippen LogP contribution in [-0.2, 0) is 7.05 Å². The molecule has 0 aliphatic carbocycles. The summed E-state index contributed by atoms with van der Waals surface area (Å²) in [7, 11) is 4.05. The largest absolute Gasteiger partial charge is 0.306 e. The van der Waals surface area contributed by atoms with Crippen molar-refractivity contribution in [2.45, 2.75) is 26.7 Å². The summed E-state index contributed by atoms with van der Waals surface area (Å²) in [6.45, 7) is 6.10. The smallest absolute Gasteiger partial charge is 0.141 e. The molecule has 1 aromatic heterocycles. The Morgan fingerprint density at radius 1 is 1.27 bits per heavy atom. The minimum absolute atomic E-state index is 0.0250. The Hall–Kier alpha value is -3.50. The lowest BCUT2D eigenvalue weighted by Crippen LogP contribution is -2.33. The maximum atomic E-state index is 14.4. The van der Waals surface area contributed by atoms with Gasteiger partial charge in [-0.1, -0.05) is 6.08 Å². The van der Waals surface area contributed by atoms with Crippen LogP contribution in [0.4, 0.5) is 10.1 Å². The van der Waals surface area contributed by atoms with E-state index in [9.17, 15) is 4.39 Å². The molecule has 2 aromatic carbocycles. The average molecular weight is 445 g/mol. The first-order valence-corrected chi connectivity index (χ1v) is 11.2. The fourth-order valence-corrected chi connectivity index (χ4v) is 4.60. The van der Waals surface area contributed by atoms with Gasteiger partial charge in [0.15, 0.2) is 0 Å². The van der Waals surface area contributed by atoms with E-state index in [-0.39, 0.29) is 11.4 Å². The third-order valence-electron chi connectivity index (χ3n) is 6.45. The van der Waals surface area contributed by atoms with Crippen molar-refractivity contribution >= 4 is 22.4 Å². The van der Waals surface area contributed by atoms with Gasteiger partial charge in [0.25, 0.3) is 0 Å². The lowest BCUT2D eigenvalue weighted by Gasteiger charge is -2.31. The van der Waals surface area contributed by atoms with Crippen LogP contribution in [0.1, 0.15) is 36.6 Å². The summed E-state index contributed by atoms with van der Waals surface area (Å²) in [5.41, 5.74) is 4.08. The van der Waals surface area contributed by atoms with Crippen LogP contribution in [0.3, 0.4) is 0 Å². The van der Waals surface area contributed by atoms with E-state index in [1.807, 2.05) is 54.7 Å². The lowest BCUT2D eigenvalue weighted by molar-refractivity contribution is 0.237. The highest BCUT2D eigenvalue weighted by Gasteiger charge is 2.22. The molecule has 1 fully saturated rings. The van der Waals surface area contributed by atoms with Gasteiger partial charge in [-0.2, -0.15) is 10.4 Å². The van der Waals surface area contributed by atoms with Crippen LogP contribution in [-0.4, -0.2) is 40.7 Å². The van der Waals surface area contributed by atoms with Crippen molar-refractivity contribution < 1.29 is 4.39 Å². The number of anilines is 1. The van der Waals surface area contributed by atoms with Gasteiger partial charge in [-0.15, -0.1) is 0 Å². The molecule has 33 heavy (non-hydrogen) atoms. The molecule has 1 atom stereocenters. The second-order valence-corrected chi connectivity index (χ2v) is 8.87. The number of hydrogen-bond donors (Lipinski definition) is 1. The van der Waals surface area contributed by atoms with Crippen LogP contribution in [0, 0.1) is 35.4 Å². The molecule has 0 radical (unpaired) electrons. The number of allylic oxidation sites excluding steroid dienone is 1. The number of rotatable bonds is 4. The van der Waals surface area contributed by atoms with Crippen LogP contribution in [0.2, 0.25) is 0 Å². The third-order valence-corrected chi connectivity index (χ3v) is 6.45. The van der Waals surface area contributed by atoms with Gasteiger partial charge in [-0.3, -0.25) is 15.0 Å². The van der Waals surface area contributed by atoms with Gasteiger partial charge < -0.3 is 4.90 Å². The van der Waals surface area contributed by atoms with E-state index < -0.39 is 5.82 Å². The number of nitrogens with zero attached hydrogens (tertiary/aromatic N) is 5. The van der Waals surface area contributed by atoms with Gasteiger partial charge in [-0.25, -0.2) is 4.39 Å². The fraction of sp³-hybridized carbons (Fsp3) is 0.346. The summed E-state index contributed by atoms with van der Waals surface area (Å²) in [5, 5.41) is 23.6. The number of halogens is 1. The molecule has 0 bridgehead atoms. The number of fused-ring (bicyclic) bond motifs is 1. The van der Waals surface area contributed by atoms with Crippen molar-refractivity contribution in [1.82, 2.24) is 14.7 Å². The zero-order chi connectivity index (χ0) is 23.7. The highest BCUT2D eigenvalue weighted by Crippen LogP contribution is 2.29. The molecule has 1 aliphatic rings. The molecule has 170 valence electrons. The first kappa shape index (κ1) is 22.7. The number of amidine groups is 1. The van der Waals surface area contributed by atoms with Crippen LogP contribution < -0.4 is 4.90 Å². The molecule has 6 nitrogen and oxygen atoms in total. The van der Waals surface area contributed by atoms with Crippen LogP contribution in [0.5, 0.6) is 0 Å². The van der Waals surface area contributed by atoms with Crippen LogP contribution >= 0.6 is 0 Å². The van der Waals surface area contributed by atoms with E-state index in [0.29, 0.717) is 11.5 Å². The molecule has 1 saturated heterocycles. The van der Waals surface area contributed by atoms with E-state index in [1.165, 1.54) is 12.1 Å². The van der Waals surface area contributed by atoms with Gasteiger partial charge in [0, 0.05) is 41.6 Å². The Kier molecular flexibility index (Phi) is 6.30. The molecule has 4 rings (SSSR count). The molecule has 2 heterocycles. The number of aromatic nitrogens is 2. The maximum absolute atomic E-state index is 14.4. The van der Waals surface area contributed by atoms with Crippen molar-refractivity contribution in [2.75, 3.05) is 25.0 Å². The number of nitrogens with one attached hydrogen (secondary N) is 1. The zero-order valence-corrected chi connectivity index (χ0v) is 19.6. The van der Waals surface area contributed by atoms with Crippen molar-refractivity contribution in [2.24, 2.45) is 13.0 Å². The number of aryl methyl sites for hydroxylation is 2. The van der Waals surface area contributed by atoms with Crippen molar-refractivity contribution in [3.8, 4) is 6.07 Å². The maximum Gasteiger partial charge on any atom is 0.141 e. The normalized spacial score (nSPS) is 17.2. The fourth-order valence-electron chi connectivity index (χ4n) is 4.60. The van der Waals surface area contributed by atoms with Crippen LogP contribution in [0.25, 0.3) is 10.9 Å². The average Bonchev–Trinajstić information content (AvgIpc) is 3.07. The SMILES string of the molecule is C/C(=C\C1CCCN(C)C1)N(C(=N)c1ccc(C#N)c(F)c1)c1ccc2nn(C)c(C)c2c1. The predicted molar refractivity (Wildman–Crippen MR) is 130 cm³/mol. The highest BCUT2D eigenvalue weighted by molar-refractivity contribution is 6.10. The monoisotopic (exact) mass is 444 g/mol. The summed E-state index contributed by atoms with van der Waals surface area (Å²) in [6.07, 6.45) is 4.48. The summed E-state index contributed by atoms with van der Waals surface area (Å²) >= 11 is 0. The summed E-state index contributed by atoms with van der Waals surface area (Å²) in [4.78, 5) is 4.19. The predicted octanol–water partition coefficient (Wildman–Crippen LogP) is 4.97. The van der Waals surface area contributed by atoms with Gasteiger partial charge in [0.2, 0.25) is 0 Å². The van der Waals surface area contributed by atoms with Gasteiger partial charge in [0.1, 0.15) is 17.7 Å². The first-order valence-electron chi connectivity index (χ1n) is 11.2. The highest BCUT2D eigenvalue weighted by atomic mass is 19.1. The zero-order valence-electron chi connectivity index (χ0n) is 19.6. The van der Waals surface area contributed by atoms with E-state index in [2.05, 4.69) is 23.1 Å². The summed E-state index contributed by atoms with van der Waals surface area (Å²) in [6, 6.07) is 12.1. The van der Waals surface area contributed by atoms with Gasteiger partial charge in [-0.05, 0) is 82.6 Å². The summed E-state index contributed by atoms with van der Waals surface area (Å²) < 4.78 is 16.2. The molecule has 1 aliphatic heterocycles. The molecule has 1 N–H and O–H groups in total. The Morgan fingerprint density at radius 3 is 2.76 bits per heavy atom. The first-order chi connectivity index (χ1) is 15.8. The number of likely N-dealkylation sites (tertiary alicyclic amines) is 1. The second kappa shape index (κ2) is 9.16.